The number of rotatable bonds is 2. The smallest absolute Gasteiger partial charge is 0.327 e. The van der Waals surface area contributed by atoms with Gasteiger partial charge in [-0.3, -0.25) is 4.79 Å². The lowest BCUT2D eigenvalue weighted by atomic mass is 9.88. The van der Waals surface area contributed by atoms with Crippen LogP contribution >= 0.6 is 11.6 Å². The first kappa shape index (κ1) is 9.85. The number of ether oxygens (including phenoxy) is 1. The number of hydrogen-bond acceptors (Lipinski definition) is 2. The number of carbonyl (C=O) groups excluding carboxylic acids is 1. The SMILES string of the molecule is CCOC(=O)C1(Cl)CCCCC1. The molecule has 0 unspecified atom stereocenters. The van der Waals surface area contributed by atoms with Crippen LogP contribution in [0.2, 0.25) is 0 Å². The van der Waals surface area contributed by atoms with E-state index in [1.807, 2.05) is 0 Å². The zero-order valence-corrected chi connectivity index (χ0v) is 8.19. The van der Waals surface area contributed by atoms with Gasteiger partial charge in [-0.15, -0.1) is 11.6 Å². The molecule has 0 bridgehead atoms. The molecule has 0 aromatic heterocycles. The molecular formula is C9H15ClO2. The van der Waals surface area contributed by atoms with Gasteiger partial charge in [0.05, 0.1) is 6.61 Å². The van der Waals surface area contributed by atoms with Crippen LogP contribution in [0.25, 0.3) is 0 Å². The highest BCUT2D eigenvalue weighted by molar-refractivity contribution is 6.34. The zero-order chi connectivity index (χ0) is 9.03. The van der Waals surface area contributed by atoms with Gasteiger partial charge in [0.25, 0.3) is 0 Å². The summed E-state index contributed by atoms with van der Waals surface area (Å²) in [5.74, 6) is -0.230. The fourth-order valence-corrected chi connectivity index (χ4v) is 1.90. The summed E-state index contributed by atoms with van der Waals surface area (Å²) in [4.78, 5) is 10.7. The molecule has 0 aromatic carbocycles. The number of hydrogen-bond donors (Lipinski definition) is 0. The van der Waals surface area contributed by atoms with Gasteiger partial charge in [0.2, 0.25) is 0 Å². The van der Waals surface area contributed by atoms with E-state index in [2.05, 4.69) is 0 Å². The Balaban J connectivity index is 2.50. The molecule has 0 aliphatic heterocycles. The van der Waals surface area contributed by atoms with Crippen molar-refractivity contribution in [3.63, 3.8) is 0 Å². The van der Waals surface area contributed by atoms with E-state index in [0.717, 1.165) is 25.7 Å². The van der Waals surface area contributed by atoms with E-state index in [-0.39, 0.29) is 5.97 Å². The van der Waals surface area contributed by atoms with E-state index in [4.69, 9.17) is 16.3 Å². The number of halogens is 1. The van der Waals surface area contributed by atoms with Gasteiger partial charge in [-0.1, -0.05) is 19.3 Å². The van der Waals surface area contributed by atoms with Crippen molar-refractivity contribution in [3.8, 4) is 0 Å². The van der Waals surface area contributed by atoms with E-state index in [1.54, 1.807) is 6.92 Å². The second-order valence-electron chi connectivity index (χ2n) is 3.25. The molecule has 1 fully saturated rings. The van der Waals surface area contributed by atoms with Crippen LogP contribution < -0.4 is 0 Å². The van der Waals surface area contributed by atoms with E-state index in [1.165, 1.54) is 6.42 Å². The van der Waals surface area contributed by atoms with E-state index in [9.17, 15) is 4.79 Å². The van der Waals surface area contributed by atoms with Gasteiger partial charge in [0.1, 0.15) is 4.87 Å². The standard InChI is InChI=1S/C9H15ClO2/c1-2-12-8(11)9(10)6-4-3-5-7-9/h2-7H2,1H3. The Hall–Kier alpha value is -0.240. The number of carbonyl (C=O) groups is 1. The van der Waals surface area contributed by atoms with Gasteiger partial charge in [-0.2, -0.15) is 0 Å². The predicted octanol–water partition coefficient (Wildman–Crippen LogP) is 2.49. The molecule has 0 aromatic rings. The molecule has 1 aliphatic carbocycles. The van der Waals surface area contributed by atoms with E-state index >= 15 is 0 Å². The Morgan fingerprint density at radius 1 is 1.42 bits per heavy atom. The minimum Gasteiger partial charge on any atom is -0.465 e. The third kappa shape index (κ3) is 2.13. The van der Waals surface area contributed by atoms with Gasteiger partial charge in [-0.05, 0) is 19.8 Å². The van der Waals surface area contributed by atoms with Crippen molar-refractivity contribution in [2.45, 2.75) is 43.9 Å². The molecule has 0 radical (unpaired) electrons. The molecule has 12 heavy (non-hydrogen) atoms. The highest BCUT2D eigenvalue weighted by atomic mass is 35.5. The lowest BCUT2D eigenvalue weighted by Crippen LogP contribution is -2.36. The van der Waals surface area contributed by atoms with E-state index < -0.39 is 4.87 Å². The van der Waals surface area contributed by atoms with Gasteiger partial charge < -0.3 is 4.74 Å². The lowest BCUT2D eigenvalue weighted by molar-refractivity contribution is -0.147. The summed E-state index contributed by atoms with van der Waals surface area (Å²) in [6, 6.07) is 0. The van der Waals surface area contributed by atoms with Crippen LogP contribution in [0.3, 0.4) is 0 Å². The van der Waals surface area contributed by atoms with Gasteiger partial charge in [-0.25, -0.2) is 0 Å². The first-order valence-electron chi connectivity index (χ1n) is 4.55. The number of alkyl halides is 1. The second-order valence-corrected chi connectivity index (χ2v) is 3.97. The molecule has 3 heteroatoms. The fraction of sp³-hybridized carbons (Fsp3) is 0.889. The Morgan fingerprint density at radius 2 is 2.00 bits per heavy atom. The van der Waals surface area contributed by atoms with E-state index in [0.29, 0.717) is 6.61 Å². The van der Waals surface area contributed by atoms with Gasteiger partial charge in [0.15, 0.2) is 0 Å². The summed E-state index contributed by atoms with van der Waals surface area (Å²) in [5.41, 5.74) is 0. The summed E-state index contributed by atoms with van der Waals surface area (Å²) < 4.78 is 4.91. The highest BCUT2D eigenvalue weighted by Crippen LogP contribution is 2.35. The first-order valence-corrected chi connectivity index (χ1v) is 4.93. The zero-order valence-electron chi connectivity index (χ0n) is 7.44. The maximum absolute atomic E-state index is 11.4. The molecule has 0 N–H and O–H groups in total. The van der Waals surface area contributed by atoms with Gasteiger partial charge >= 0.3 is 5.97 Å². The normalized spacial score (nSPS) is 21.8. The predicted molar refractivity (Wildman–Crippen MR) is 48.3 cm³/mol. The largest absolute Gasteiger partial charge is 0.465 e. The molecule has 0 saturated heterocycles. The fourth-order valence-electron chi connectivity index (χ4n) is 1.58. The molecule has 1 saturated carbocycles. The van der Waals surface area contributed by atoms with Gasteiger partial charge in [0, 0.05) is 0 Å². The maximum atomic E-state index is 11.4. The molecule has 70 valence electrons. The maximum Gasteiger partial charge on any atom is 0.327 e. The van der Waals surface area contributed by atoms with Crippen molar-refractivity contribution < 1.29 is 9.53 Å². The molecule has 1 rings (SSSR count). The average Bonchev–Trinajstić information content (AvgIpc) is 2.06. The third-order valence-electron chi connectivity index (χ3n) is 2.29. The molecular weight excluding hydrogens is 176 g/mol. The highest BCUT2D eigenvalue weighted by Gasteiger charge is 2.38. The van der Waals surface area contributed by atoms with Crippen molar-refractivity contribution in [1.29, 1.82) is 0 Å². The van der Waals surface area contributed by atoms with Crippen LogP contribution in [-0.4, -0.2) is 17.5 Å². The Kier molecular flexibility index (Phi) is 3.39. The molecule has 0 atom stereocenters. The minimum atomic E-state index is -0.700. The minimum absolute atomic E-state index is 0.230. The Bertz CT molecular complexity index is 162. The molecule has 0 heterocycles. The van der Waals surface area contributed by atoms with Crippen molar-refractivity contribution in [2.24, 2.45) is 0 Å². The quantitative estimate of drug-likeness (QED) is 0.494. The summed E-state index contributed by atoms with van der Waals surface area (Å²) in [6.45, 7) is 2.23. The van der Waals surface area contributed by atoms with Crippen LogP contribution in [0.4, 0.5) is 0 Å². The molecule has 0 amide bonds. The van der Waals surface area contributed by atoms with Crippen molar-refractivity contribution in [3.05, 3.63) is 0 Å². The summed E-state index contributed by atoms with van der Waals surface area (Å²) in [6.07, 6.45) is 4.82. The van der Waals surface area contributed by atoms with Crippen LogP contribution in [-0.2, 0) is 9.53 Å². The van der Waals surface area contributed by atoms with Crippen molar-refractivity contribution in [2.75, 3.05) is 6.61 Å². The lowest BCUT2D eigenvalue weighted by Gasteiger charge is -2.28. The first-order chi connectivity index (χ1) is 5.69. The third-order valence-corrected chi connectivity index (χ3v) is 2.82. The monoisotopic (exact) mass is 190 g/mol. The molecule has 2 nitrogen and oxygen atoms in total. The average molecular weight is 191 g/mol. The Labute approximate surface area is 78.2 Å². The second kappa shape index (κ2) is 4.13. The van der Waals surface area contributed by atoms with Crippen molar-refractivity contribution >= 4 is 17.6 Å². The van der Waals surface area contributed by atoms with Crippen LogP contribution in [0.5, 0.6) is 0 Å². The Morgan fingerprint density at radius 3 is 2.50 bits per heavy atom. The van der Waals surface area contributed by atoms with Crippen LogP contribution in [0.15, 0.2) is 0 Å². The number of esters is 1. The topological polar surface area (TPSA) is 26.3 Å². The summed E-state index contributed by atoms with van der Waals surface area (Å²) >= 11 is 6.13. The molecule has 0 spiro atoms. The van der Waals surface area contributed by atoms with Crippen LogP contribution in [0.1, 0.15) is 39.0 Å². The van der Waals surface area contributed by atoms with Crippen LogP contribution in [0, 0.1) is 0 Å². The summed E-state index contributed by atoms with van der Waals surface area (Å²) in [7, 11) is 0. The molecule has 1 aliphatic rings. The summed E-state index contributed by atoms with van der Waals surface area (Å²) in [5, 5.41) is 0. The van der Waals surface area contributed by atoms with Crippen molar-refractivity contribution in [1.82, 2.24) is 0 Å².